The number of anilines is 4. The number of aromatic nitrogens is 3. The smallest absolute Gasteiger partial charge is 0.214 e. The van der Waals surface area contributed by atoms with E-state index in [-0.39, 0.29) is 0 Å². The van der Waals surface area contributed by atoms with Crippen LogP contribution < -0.4 is 26.0 Å². The van der Waals surface area contributed by atoms with Crippen molar-refractivity contribution in [2.75, 3.05) is 22.9 Å². The number of rotatable bonds is 5. The predicted octanol–water partition coefficient (Wildman–Crippen LogP) is 3.63. The van der Waals surface area contributed by atoms with Gasteiger partial charge in [-0.3, -0.25) is 9.99 Å². The van der Waals surface area contributed by atoms with Crippen LogP contribution in [0.25, 0.3) is 10.9 Å². The Morgan fingerprint density at radius 3 is 2.93 bits per heavy atom. The van der Waals surface area contributed by atoms with Crippen LogP contribution >= 0.6 is 0 Å². The van der Waals surface area contributed by atoms with E-state index in [2.05, 4.69) is 44.4 Å². The first-order chi connectivity index (χ1) is 14.3. The molecular formula is C21H19N7O. The molecule has 0 radical (unpaired) electrons. The van der Waals surface area contributed by atoms with Crippen molar-refractivity contribution in [3.8, 4) is 5.88 Å². The first-order valence-corrected chi connectivity index (χ1v) is 9.19. The summed E-state index contributed by atoms with van der Waals surface area (Å²) in [6, 6.07) is 17.9. The topological polar surface area (TPSA) is 87.2 Å². The lowest BCUT2D eigenvalue weighted by Gasteiger charge is -2.18. The van der Waals surface area contributed by atoms with Crippen molar-refractivity contribution in [3.05, 3.63) is 72.6 Å². The molecule has 5 rings (SSSR count). The van der Waals surface area contributed by atoms with Crippen LogP contribution in [0.4, 0.5) is 23.0 Å². The molecule has 4 aromatic rings. The minimum absolute atomic E-state index is 0.548. The number of methoxy groups -OCH3 is 1. The average Bonchev–Trinajstić information content (AvgIpc) is 3.16. The van der Waals surface area contributed by atoms with Crippen LogP contribution in [0.3, 0.4) is 0 Å². The monoisotopic (exact) mass is 385 g/mol. The Kier molecular flexibility index (Phi) is 4.30. The van der Waals surface area contributed by atoms with E-state index in [1.807, 2.05) is 41.4 Å². The van der Waals surface area contributed by atoms with Crippen molar-refractivity contribution in [3.63, 3.8) is 0 Å². The maximum absolute atomic E-state index is 5.18. The summed E-state index contributed by atoms with van der Waals surface area (Å²) in [6.45, 7) is 0.657. The zero-order chi connectivity index (χ0) is 19.6. The fraction of sp³-hybridized carbons (Fsp3) is 0.0952. The molecule has 0 bridgehead atoms. The zero-order valence-electron chi connectivity index (χ0n) is 15.8. The third kappa shape index (κ3) is 3.48. The van der Waals surface area contributed by atoms with Crippen LogP contribution in [0.1, 0.15) is 5.56 Å². The van der Waals surface area contributed by atoms with Crippen molar-refractivity contribution in [1.82, 2.24) is 20.5 Å². The van der Waals surface area contributed by atoms with Crippen LogP contribution in [0.2, 0.25) is 0 Å². The van der Waals surface area contributed by atoms with E-state index in [0.29, 0.717) is 12.4 Å². The van der Waals surface area contributed by atoms with E-state index in [4.69, 9.17) is 9.72 Å². The second-order valence-electron chi connectivity index (χ2n) is 6.63. The lowest BCUT2D eigenvalue weighted by Crippen LogP contribution is -2.35. The Balaban J connectivity index is 1.38. The highest BCUT2D eigenvalue weighted by atomic mass is 16.5. The molecule has 144 valence electrons. The van der Waals surface area contributed by atoms with Crippen molar-refractivity contribution in [2.24, 2.45) is 0 Å². The molecule has 8 heteroatoms. The number of nitrogens with one attached hydrogen (secondary N) is 3. The van der Waals surface area contributed by atoms with Gasteiger partial charge in [0.05, 0.1) is 24.9 Å². The number of hydrogen-bond donors (Lipinski definition) is 3. The summed E-state index contributed by atoms with van der Waals surface area (Å²) >= 11 is 0. The maximum atomic E-state index is 5.18. The number of ether oxygens (including phenoxy) is 1. The summed E-state index contributed by atoms with van der Waals surface area (Å²) in [7, 11) is 1.60. The van der Waals surface area contributed by atoms with Gasteiger partial charge < -0.3 is 15.5 Å². The summed E-state index contributed by atoms with van der Waals surface area (Å²) in [6.07, 6.45) is 3.50. The molecule has 0 spiro atoms. The predicted molar refractivity (Wildman–Crippen MR) is 113 cm³/mol. The molecule has 0 atom stereocenters. The van der Waals surface area contributed by atoms with Crippen LogP contribution in [0, 0.1) is 0 Å². The molecule has 3 N–H and O–H groups in total. The first-order valence-electron chi connectivity index (χ1n) is 9.19. The van der Waals surface area contributed by atoms with Gasteiger partial charge in [0.1, 0.15) is 5.82 Å². The standard InChI is InChI=1S/C21H19N7O/c1-29-20-12-16(8-10-23-20)24-19-7-6-18-21(25-19)28(27-26-18)13-14-4-5-17-15(11-14)3-2-9-22-17/h2-12,26-27H,13H2,1H3,(H,23,24,25). The molecule has 29 heavy (non-hydrogen) atoms. The lowest BCUT2D eigenvalue weighted by atomic mass is 10.1. The average molecular weight is 385 g/mol. The van der Waals surface area contributed by atoms with E-state index in [0.717, 1.165) is 39.5 Å². The molecule has 0 aliphatic carbocycles. The molecule has 0 fully saturated rings. The highest BCUT2D eigenvalue weighted by molar-refractivity contribution is 5.79. The van der Waals surface area contributed by atoms with Crippen LogP contribution in [0.15, 0.2) is 67.0 Å². The van der Waals surface area contributed by atoms with Crippen molar-refractivity contribution >= 4 is 33.9 Å². The third-order valence-corrected chi connectivity index (χ3v) is 4.68. The van der Waals surface area contributed by atoms with E-state index in [9.17, 15) is 0 Å². The van der Waals surface area contributed by atoms with E-state index >= 15 is 0 Å². The number of pyridine rings is 3. The normalized spacial score (nSPS) is 12.5. The van der Waals surface area contributed by atoms with Crippen LogP contribution in [0.5, 0.6) is 5.88 Å². The summed E-state index contributed by atoms with van der Waals surface area (Å²) in [4.78, 5) is 13.3. The fourth-order valence-corrected chi connectivity index (χ4v) is 3.27. The van der Waals surface area contributed by atoms with Crippen molar-refractivity contribution in [1.29, 1.82) is 0 Å². The van der Waals surface area contributed by atoms with E-state index in [1.54, 1.807) is 19.5 Å². The van der Waals surface area contributed by atoms with Gasteiger partial charge in [-0.15, -0.1) is 5.53 Å². The number of benzene rings is 1. The molecule has 1 aliphatic heterocycles. The molecule has 0 saturated heterocycles. The van der Waals surface area contributed by atoms with Crippen molar-refractivity contribution in [2.45, 2.75) is 6.54 Å². The Hall–Kier alpha value is -3.91. The number of fused-ring (bicyclic) bond motifs is 2. The summed E-state index contributed by atoms with van der Waals surface area (Å²) in [5.74, 6) is 2.10. The minimum Gasteiger partial charge on any atom is -0.481 e. The van der Waals surface area contributed by atoms with Gasteiger partial charge >= 0.3 is 0 Å². The molecule has 0 unspecified atom stereocenters. The van der Waals surface area contributed by atoms with Crippen molar-refractivity contribution < 1.29 is 4.74 Å². The van der Waals surface area contributed by atoms with Gasteiger partial charge in [-0.2, -0.15) is 0 Å². The molecule has 8 nitrogen and oxygen atoms in total. The van der Waals surface area contributed by atoms with Gasteiger partial charge in [0.25, 0.3) is 0 Å². The van der Waals surface area contributed by atoms with Gasteiger partial charge in [-0.25, -0.2) is 9.97 Å². The molecule has 0 amide bonds. The summed E-state index contributed by atoms with van der Waals surface area (Å²) in [5.41, 5.74) is 10.3. The van der Waals surface area contributed by atoms with Gasteiger partial charge in [0.15, 0.2) is 5.82 Å². The van der Waals surface area contributed by atoms with Gasteiger partial charge in [-0.05, 0) is 42.0 Å². The number of nitrogens with zero attached hydrogens (tertiary/aromatic N) is 4. The Bertz CT molecular complexity index is 1180. The Morgan fingerprint density at radius 2 is 2.00 bits per heavy atom. The zero-order valence-corrected chi connectivity index (χ0v) is 15.8. The largest absolute Gasteiger partial charge is 0.481 e. The van der Waals surface area contributed by atoms with Crippen LogP contribution in [-0.4, -0.2) is 22.1 Å². The van der Waals surface area contributed by atoms with Gasteiger partial charge in [0, 0.05) is 29.5 Å². The number of hydrogen-bond acceptors (Lipinski definition) is 8. The molecule has 3 aromatic heterocycles. The summed E-state index contributed by atoms with van der Waals surface area (Å²) in [5, 5.41) is 6.39. The molecule has 1 aliphatic rings. The molecule has 0 saturated carbocycles. The van der Waals surface area contributed by atoms with Crippen LogP contribution in [-0.2, 0) is 6.54 Å². The SMILES string of the molecule is COc1cc(Nc2ccc3c(n2)N(Cc2ccc4ncccc4c2)NN3)ccn1. The summed E-state index contributed by atoms with van der Waals surface area (Å²) < 4.78 is 5.18. The molecule has 1 aromatic carbocycles. The number of hydrazine groups is 2. The highest BCUT2D eigenvalue weighted by Crippen LogP contribution is 2.31. The lowest BCUT2D eigenvalue weighted by molar-refractivity contribution is 0.398. The molecule has 4 heterocycles. The maximum Gasteiger partial charge on any atom is 0.214 e. The van der Waals surface area contributed by atoms with Gasteiger partial charge in [-0.1, -0.05) is 12.1 Å². The second kappa shape index (κ2) is 7.25. The van der Waals surface area contributed by atoms with E-state index in [1.165, 1.54) is 0 Å². The highest BCUT2D eigenvalue weighted by Gasteiger charge is 2.21. The van der Waals surface area contributed by atoms with E-state index < -0.39 is 0 Å². The quantitative estimate of drug-likeness (QED) is 0.480. The molecular weight excluding hydrogens is 366 g/mol. The fourth-order valence-electron chi connectivity index (χ4n) is 3.27. The second-order valence-corrected chi connectivity index (χ2v) is 6.63. The minimum atomic E-state index is 0.548. The first kappa shape index (κ1) is 17.2. The Labute approximate surface area is 167 Å². The third-order valence-electron chi connectivity index (χ3n) is 4.68. The Morgan fingerprint density at radius 1 is 1.03 bits per heavy atom. The van der Waals surface area contributed by atoms with Gasteiger partial charge in [0.2, 0.25) is 5.88 Å².